The SMILES string of the molecule is Cc1c(C#N)cc(Cl)cc1S(=O)(=O)c1cc(O)c(O)c([N+](=O)[O-])c1. The van der Waals surface area contributed by atoms with Gasteiger partial charge in [-0.15, -0.1) is 0 Å². The molecular formula is C14H9ClN2O6S. The maximum Gasteiger partial charge on any atom is 0.315 e. The van der Waals surface area contributed by atoms with Gasteiger partial charge in [0.25, 0.3) is 0 Å². The van der Waals surface area contributed by atoms with Crippen LogP contribution in [-0.2, 0) is 9.84 Å². The van der Waals surface area contributed by atoms with Crippen LogP contribution in [0.15, 0.2) is 34.1 Å². The number of nitro groups is 1. The molecule has 0 saturated carbocycles. The van der Waals surface area contributed by atoms with E-state index in [2.05, 4.69) is 0 Å². The van der Waals surface area contributed by atoms with Crippen molar-refractivity contribution in [2.75, 3.05) is 0 Å². The molecule has 2 aromatic carbocycles. The lowest BCUT2D eigenvalue weighted by atomic mass is 10.1. The second-order valence-electron chi connectivity index (χ2n) is 4.76. The van der Waals surface area contributed by atoms with Gasteiger partial charge in [0.2, 0.25) is 15.6 Å². The van der Waals surface area contributed by atoms with Crippen molar-refractivity contribution >= 4 is 27.1 Å². The predicted molar refractivity (Wildman–Crippen MR) is 82.8 cm³/mol. The third-order valence-corrected chi connectivity index (χ3v) is 5.36. The summed E-state index contributed by atoms with van der Waals surface area (Å²) in [6, 6.07) is 5.49. The molecule has 0 aliphatic rings. The highest BCUT2D eigenvalue weighted by atomic mass is 35.5. The average Bonchev–Trinajstić information content (AvgIpc) is 2.51. The van der Waals surface area contributed by atoms with Gasteiger partial charge in [-0.25, -0.2) is 8.42 Å². The molecular weight excluding hydrogens is 360 g/mol. The molecule has 0 aliphatic carbocycles. The Morgan fingerprint density at radius 2 is 1.88 bits per heavy atom. The summed E-state index contributed by atoms with van der Waals surface area (Å²) in [5.41, 5.74) is -0.829. The molecule has 0 unspecified atom stereocenters. The summed E-state index contributed by atoms with van der Waals surface area (Å²) in [6.07, 6.45) is 0. The smallest absolute Gasteiger partial charge is 0.315 e. The molecule has 0 heterocycles. The van der Waals surface area contributed by atoms with E-state index in [1.807, 2.05) is 0 Å². The van der Waals surface area contributed by atoms with E-state index in [0.29, 0.717) is 12.1 Å². The van der Waals surface area contributed by atoms with Crippen LogP contribution in [0.1, 0.15) is 11.1 Å². The van der Waals surface area contributed by atoms with Crippen LogP contribution in [0.25, 0.3) is 0 Å². The molecule has 2 aromatic rings. The van der Waals surface area contributed by atoms with E-state index >= 15 is 0 Å². The van der Waals surface area contributed by atoms with Crippen LogP contribution in [0.5, 0.6) is 11.5 Å². The largest absolute Gasteiger partial charge is 0.504 e. The van der Waals surface area contributed by atoms with Crippen LogP contribution in [0.4, 0.5) is 5.69 Å². The minimum atomic E-state index is -4.33. The van der Waals surface area contributed by atoms with Crippen LogP contribution >= 0.6 is 11.6 Å². The van der Waals surface area contributed by atoms with Crippen LogP contribution in [0.3, 0.4) is 0 Å². The zero-order valence-electron chi connectivity index (χ0n) is 12.0. The second-order valence-corrected chi connectivity index (χ2v) is 7.11. The Bertz CT molecular complexity index is 1010. The van der Waals surface area contributed by atoms with E-state index in [1.165, 1.54) is 13.0 Å². The molecule has 0 fully saturated rings. The topological polar surface area (TPSA) is 142 Å². The van der Waals surface area contributed by atoms with Crippen molar-refractivity contribution in [1.29, 1.82) is 5.26 Å². The van der Waals surface area contributed by atoms with E-state index < -0.39 is 36.8 Å². The maximum atomic E-state index is 12.7. The van der Waals surface area contributed by atoms with E-state index in [4.69, 9.17) is 16.9 Å². The van der Waals surface area contributed by atoms with Gasteiger partial charge in [-0.1, -0.05) is 11.6 Å². The zero-order chi connectivity index (χ0) is 18.2. The molecule has 0 atom stereocenters. The summed E-state index contributed by atoms with van der Waals surface area (Å²) < 4.78 is 25.5. The van der Waals surface area contributed by atoms with E-state index in [-0.39, 0.29) is 21.0 Å². The molecule has 0 amide bonds. The monoisotopic (exact) mass is 368 g/mol. The van der Waals surface area contributed by atoms with Crippen molar-refractivity contribution in [3.05, 3.63) is 50.5 Å². The third-order valence-electron chi connectivity index (χ3n) is 3.28. The fourth-order valence-corrected chi connectivity index (χ4v) is 3.92. The minimum Gasteiger partial charge on any atom is -0.504 e. The normalized spacial score (nSPS) is 11.0. The van der Waals surface area contributed by atoms with Gasteiger partial charge in [0.15, 0.2) is 5.75 Å². The Balaban J connectivity index is 2.81. The Labute approximate surface area is 141 Å². The Hall–Kier alpha value is -2.83. The first kappa shape index (κ1) is 17.5. The van der Waals surface area contributed by atoms with Gasteiger partial charge >= 0.3 is 5.69 Å². The van der Waals surface area contributed by atoms with Crippen molar-refractivity contribution in [3.8, 4) is 17.6 Å². The van der Waals surface area contributed by atoms with E-state index in [9.17, 15) is 28.7 Å². The molecule has 0 radical (unpaired) electrons. The second kappa shape index (κ2) is 5.99. The van der Waals surface area contributed by atoms with Gasteiger partial charge in [0.1, 0.15) is 0 Å². The lowest BCUT2D eigenvalue weighted by Gasteiger charge is -2.11. The van der Waals surface area contributed by atoms with Crippen molar-refractivity contribution in [2.24, 2.45) is 0 Å². The van der Waals surface area contributed by atoms with Gasteiger partial charge in [-0.05, 0) is 24.6 Å². The number of phenols is 2. The molecule has 0 aliphatic heterocycles. The summed E-state index contributed by atoms with van der Waals surface area (Å²) >= 11 is 5.82. The number of rotatable bonds is 3. The van der Waals surface area contributed by atoms with Gasteiger partial charge in [-0.2, -0.15) is 5.26 Å². The first-order valence-corrected chi connectivity index (χ1v) is 8.11. The standard InChI is InChI=1S/C14H9ClN2O6S/c1-7-8(6-16)2-9(15)3-13(7)24(22,23)10-4-11(17(20)21)14(19)12(18)5-10/h2-5,18-19H,1H3. The number of hydrogen-bond donors (Lipinski definition) is 2. The highest BCUT2D eigenvalue weighted by Crippen LogP contribution is 2.39. The number of nitrogens with zero attached hydrogens (tertiary/aromatic N) is 2. The number of hydrogen-bond acceptors (Lipinski definition) is 7. The van der Waals surface area contributed by atoms with Crippen LogP contribution in [-0.4, -0.2) is 23.6 Å². The quantitative estimate of drug-likeness (QED) is 0.481. The molecule has 124 valence electrons. The average molecular weight is 369 g/mol. The lowest BCUT2D eigenvalue weighted by Crippen LogP contribution is -2.06. The fourth-order valence-electron chi connectivity index (χ4n) is 2.05. The molecule has 10 heteroatoms. The first-order valence-electron chi connectivity index (χ1n) is 6.25. The third kappa shape index (κ3) is 2.84. The summed E-state index contributed by atoms with van der Waals surface area (Å²) in [5, 5.41) is 38.9. The molecule has 2 rings (SSSR count). The number of nitriles is 1. The van der Waals surface area contributed by atoms with Crippen molar-refractivity contribution in [2.45, 2.75) is 16.7 Å². The van der Waals surface area contributed by atoms with Crippen LogP contribution in [0.2, 0.25) is 5.02 Å². The maximum absolute atomic E-state index is 12.7. The van der Waals surface area contributed by atoms with Gasteiger partial charge in [-0.3, -0.25) is 10.1 Å². The van der Waals surface area contributed by atoms with Gasteiger partial charge in [0.05, 0.1) is 26.3 Å². The van der Waals surface area contributed by atoms with Gasteiger partial charge in [0, 0.05) is 17.2 Å². The zero-order valence-corrected chi connectivity index (χ0v) is 13.6. The summed E-state index contributed by atoms with van der Waals surface area (Å²) in [6.45, 7) is 1.39. The number of nitro benzene ring substituents is 1. The minimum absolute atomic E-state index is 0.00627. The molecule has 0 saturated heterocycles. The molecule has 0 bridgehead atoms. The highest BCUT2D eigenvalue weighted by molar-refractivity contribution is 7.91. The van der Waals surface area contributed by atoms with Crippen molar-refractivity contribution < 1.29 is 23.6 Å². The Morgan fingerprint density at radius 3 is 2.42 bits per heavy atom. The number of benzene rings is 2. The number of sulfone groups is 1. The van der Waals surface area contributed by atoms with E-state index in [0.717, 1.165) is 6.07 Å². The van der Waals surface area contributed by atoms with Crippen LogP contribution < -0.4 is 0 Å². The fraction of sp³-hybridized carbons (Fsp3) is 0.0714. The molecule has 2 N–H and O–H groups in total. The number of halogens is 1. The Kier molecular flexibility index (Phi) is 4.38. The number of aromatic hydroxyl groups is 2. The molecule has 24 heavy (non-hydrogen) atoms. The predicted octanol–water partition coefficient (Wildman–Crippen LogP) is 2.67. The number of phenolic OH excluding ortho intramolecular Hbond substituents is 2. The lowest BCUT2D eigenvalue weighted by molar-refractivity contribution is -0.386. The van der Waals surface area contributed by atoms with Crippen LogP contribution in [0, 0.1) is 28.4 Å². The summed E-state index contributed by atoms with van der Waals surface area (Å²) in [4.78, 5) is 8.92. The van der Waals surface area contributed by atoms with Gasteiger partial charge < -0.3 is 10.2 Å². The molecule has 0 aromatic heterocycles. The highest BCUT2D eigenvalue weighted by Gasteiger charge is 2.28. The molecule has 0 spiro atoms. The van der Waals surface area contributed by atoms with Crippen molar-refractivity contribution in [1.82, 2.24) is 0 Å². The Morgan fingerprint density at radius 1 is 1.25 bits per heavy atom. The van der Waals surface area contributed by atoms with Crippen molar-refractivity contribution in [3.63, 3.8) is 0 Å². The molecule has 8 nitrogen and oxygen atoms in total. The first-order chi connectivity index (χ1) is 11.1. The van der Waals surface area contributed by atoms with E-state index in [1.54, 1.807) is 6.07 Å². The summed E-state index contributed by atoms with van der Waals surface area (Å²) in [7, 11) is -4.33. The summed E-state index contributed by atoms with van der Waals surface area (Å²) in [5.74, 6) is -2.00.